The Labute approximate surface area is 124 Å². The molecule has 0 aliphatic heterocycles. The molecule has 0 aliphatic rings. The summed E-state index contributed by atoms with van der Waals surface area (Å²) < 4.78 is 5.51. The molecule has 2 N–H and O–H groups in total. The molecule has 0 radical (unpaired) electrons. The first-order valence-electron chi connectivity index (χ1n) is 6.87. The predicted octanol–water partition coefficient (Wildman–Crippen LogP) is 3.53. The summed E-state index contributed by atoms with van der Waals surface area (Å²) in [4.78, 5) is 0. The highest BCUT2D eigenvalue weighted by Gasteiger charge is 2.11. The second-order valence-electron chi connectivity index (χ2n) is 4.71. The molecule has 1 heterocycles. The van der Waals surface area contributed by atoms with Crippen molar-refractivity contribution in [2.45, 2.75) is 26.0 Å². The summed E-state index contributed by atoms with van der Waals surface area (Å²) >= 11 is 1.60. The maximum Gasteiger partial charge on any atom is 0.119 e. The van der Waals surface area contributed by atoms with Gasteiger partial charge in [-0.25, -0.2) is 0 Å². The number of ether oxygens (including phenoxy) is 1. The molecule has 0 saturated carbocycles. The molecule has 0 saturated heterocycles. The average Bonchev–Trinajstić information content (AvgIpc) is 2.99. The number of hydrogen-bond donors (Lipinski definition) is 2. The molecule has 4 heteroatoms. The van der Waals surface area contributed by atoms with Gasteiger partial charge in [-0.3, -0.25) is 0 Å². The van der Waals surface area contributed by atoms with Crippen molar-refractivity contribution in [3.8, 4) is 5.75 Å². The molecule has 1 aromatic carbocycles. The van der Waals surface area contributed by atoms with Gasteiger partial charge in [0.15, 0.2) is 0 Å². The van der Waals surface area contributed by atoms with Crippen LogP contribution in [0.25, 0.3) is 0 Å². The van der Waals surface area contributed by atoms with Gasteiger partial charge in [-0.1, -0.05) is 12.1 Å². The third-order valence-electron chi connectivity index (χ3n) is 3.21. The summed E-state index contributed by atoms with van der Waals surface area (Å²) in [5.41, 5.74) is 2.13. The van der Waals surface area contributed by atoms with E-state index in [1.54, 1.807) is 11.3 Å². The van der Waals surface area contributed by atoms with Crippen LogP contribution in [-0.2, 0) is 0 Å². The highest BCUT2D eigenvalue weighted by molar-refractivity contribution is 7.07. The van der Waals surface area contributed by atoms with Crippen molar-refractivity contribution in [3.05, 3.63) is 52.2 Å². The lowest BCUT2D eigenvalue weighted by molar-refractivity contribution is 0.171. The molecule has 2 unspecified atom stereocenters. The van der Waals surface area contributed by atoms with Gasteiger partial charge in [0.1, 0.15) is 5.75 Å². The quantitative estimate of drug-likeness (QED) is 0.820. The van der Waals surface area contributed by atoms with Crippen LogP contribution in [0.4, 0.5) is 0 Å². The molecule has 0 spiro atoms. The lowest BCUT2D eigenvalue weighted by Gasteiger charge is -2.17. The minimum absolute atomic E-state index is 0.170. The Balaban J connectivity index is 1.91. The minimum atomic E-state index is -0.459. The van der Waals surface area contributed by atoms with E-state index in [4.69, 9.17) is 4.74 Å². The van der Waals surface area contributed by atoms with Crippen LogP contribution >= 0.6 is 11.3 Å². The number of nitrogens with one attached hydrogen (secondary N) is 1. The summed E-state index contributed by atoms with van der Waals surface area (Å²) in [6, 6.07) is 10.2. The van der Waals surface area contributed by atoms with E-state index in [1.165, 1.54) is 0 Å². The Morgan fingerprint density at radius 3 is 2.85 bits per heavy atom. The third-order valence-corrected chi connectivity index (χ3v) is 3.92. The number of aliphatic hydroxyl groups excluding tert-OH is 1. The topological polar surface area (TPSA) is 41.5 Å². The number of benzene rings is 1. The standard InChI is InChI=1S/C16H21NO2S/c1-3-19-15-6-4-5-13(9-15)12(2)17-10-16(18)14-7-8-20-11-14/h4-9,11-12,16-18H,3,10H2,1-2H3. The van der Waals surface area contributed by atoms with E-state index in [0.717, 1.165) is 16.9 Å². The van der Waals surface area contributed by atoms with Gasteiger partial charge in [0.05, 0.1) is 12.7 Å². The molecule has 2 aromatic rings. The van der Waals surface area contributed by atoms with Crippen LogP contribution < -0.4 is 10.1 Å². The molecular formula is C16H21NO2S. The SMILES string of the molecule is CCOc1cccc(C(C)NCC(O)c2ccsc2)c1. The molecule has 1 aromatic heterocycles. The Morgan fingerprint density at radius 1 is 1.30 bits per heavy atom. The highest BCUT2D eigenvalue weighted by atomic mass is 32.1. The Hall–Kier alpha value is -1.36. The largest absolute Gasteiger partial charge is 0.494 e. The smallest absolute Gasteiger partial charge is 0.119 e. The molecule has 20 heavy (non-hydrogen) atoms. The number of thiophene rings is 1. The minimum Gasteiger partial charge on any atom is -0.494 e. The zero-order valence-corrected chi connectivity index (χ0v) is 12.7. The third kappa shape index (κ3) is 4.07. The van der Waals surface area contributed by atoms with E-state index in [-0.39, 0.29) is 6.04 Å². The van der Waals surface area contributed by atoms with Gasteiger partial charge in [-0.05, 0) is 53.9 Å². The van der Waals surface area contributed by atoms with Crippen molar-refractivity contribution >= 4 is 11.3 Å². The first kappa shape index (κ1) is 15.0. The average molecular weight is 291 g/mol. The Bertz CT molecular complexity index is 513. The van der Waals surface area contributed by atoms with Crippen LogP contribution in [0.15, 0.2) is 41.1 Å². The fourth-order valence-corrected chi connectivity index (χ4v) is 2.74. The first-order valence-corrected chi connectivity index (χ1v) is 7.81. The Kier molecular flexibility index (Phi) is 5.59. The second-order valence-corrected chi connectivity index (χ2v) is 5.49. The highest BCUT2D eigenvalue weighted by Crippen LogP contribution is 2.20. The van der Waals surface area contributed by atoms with Crippen LogP contribution in [0.2, 0.25) is 0 Å². The normalized spacial score (nSPS) is 13.9. The first-order chi connectivity index (χ1) is 9.70. The zero-order chi connectivity index (χ0) is 14.4. The van der Waals surface area contributed by atoms with Crippen LogP contribution in [0.1, 0.15) is 37.1 Å². The number of aliphatic hydroxyl groups is 1. The van der Waals surface area contributed by atoms with Crippen molar-refractivity contribution in [1.29, 1.82) is 0 Å². The fourth-order valence-electron chi connectivity index (χ4n) is 2.03. The van der Waals surface area contributed by atoms with E-state index in [1.807, 2.05) is 41.9 Å². The maximum absolute atomic E-state index is 10.1. The molecule has 0 amide bonds. The van der Waals surface area contributed by atoms with Crippen LogP contribution in [0.3, 0.4) is 0 Å². The second kappa shape index (κ2) is 7.43. The fraction of sp³-hybridized carbons (Fsp3) is 0.375. The molecule has 0 fully saturated rings. The number of rotatable bonds is 7. The van der Waals surface area contributed by atoms with Crippen molar-refractivity contribution < 1.29 is 9.84 Å². The monoisotopic (exact) mass is 291 g/mol. The van der Waals surface area contributed by atoms with Gasteiger partial charge in [-0.2, -0.15) is 11.3 Å². The zero-order valence-electron chi connectivity index (χ0n) is 11.9. The van der Waals surface area contributed by atoms with Crippen LogP contribution in [0.5, 0.6) is 5.75 Å². The molecule has 2 rings (SSSR count). The predicted molar refractivity (Wildman–Crippen MR) is 83.3 cm³/mol. The van der Waals surface area contributed by atoms with Crippen LogP contribution in [-0.4, -0.2) is 18.3 Å². The van der Waals surface area contributed by atoms with Crippen LogP contribution in [0, 0.1) is 0 Å². The van der Waals surface area contributed by atoms with Gasteiger partial charge >= 0.3 is 0 Å². The molecule has 0 bridgehead atoms. The Morgan fingerprint density at radius 2 is 2.15 bits per heavy atom. The molecule has 108 valence electrons. The van der Waals surface area contributed by atoms with E-state index >= 15 is 0 Å². The maximum atomic E-state index is 10.1. The van der Waals surface area contributed by atoms with Crippen molar-refractivity contribution in [1.82, 2.24) is 5.32 Å². The molecule has 0 aliphatic carbocycles. The van der Waals surface area contributed by atoms with Crippen molar-refractivity contribution in [2.75, 3.05) is 13.2 Å². The lowest BCUT2D eigenvalue weighted by Crippen LogP contribution is -2.24. The summed E-state index contributed by atoms with van der Waals surface area (Å²) in [6.07, 6.45) is -0.459. The summed E-state index contributed by atoms with van der Waals surface area (Å²) in [7, 11) is 0. The van der Waals surface area contributed by atoms with E-state index in [0.29, 0.717) is 13.2 Å². The van der Waals surface area contributed by atoms with Gasteiger partial charge in [0, 0.05) is 12.6 Å². The van der Waals surface area contributed by atoms with Gasteiger partial charge in [-0.15, -0.1) is 0 Å². The van der Waals surface area contributed by atoms with Crippen molar-refractivity contribution in [2.24, 2.45) is 0 Å². The van der Waals surface area contributed by atoms with Gasteiger partial charge in [0.25, 0.3) is 0 Å². The lowest BCUT2D eigenvalue weighted by atomic mass is 10.1. The van der Waals surface area contributed by atoms with Gasteiger partial charge in [0.2, 0.25) is 0 Å². The summed E-state index contributed by atoms with van der Waals surface area (Å²) in [6.45, 7) is 5.27. The summed E-state index contributed by atoms with van der Waals surface area (Å²) in [5.74, 6) is 0.886. The number of hydrogen-bond acceptors (Lipinski definition) is 4. The molecule has 2 atom stereocenters. The van der Waals surface area contributed by atoms with Crippen molar-refractivity contribution in [3.63, 3.8) is 0 Å². The van der Waals surface area contributed by atoms with E-state index < -0.39 is 6.10 Å². The van der Waals surface area contributed by atoms with E-state index in [2.05, 4.69) is 18.3 Å². The molecular weight excluding hydrogens is 270 g/mol. The van der Waals surface area contributed by atoms with Gasteiger partial charge < -0.3 is 15.2 Å². The summed E-state index contributed by atoms with van der Waals surface area (Å²) in [5, 5.41) is 17.4. The van der Waals surface area contributed by atoms with E-state index in [9.17, 15) is 5.11 Å². The molecule has 3 nitrogen and oxygen atoms in total.